The average Bonchev–Trinajstić information content (AvgIpc) is 2.91. The molecule has 102 valence electrons. The summed E-state index contributed by atoms with van der Waals surface area (Å²) in [7, 11) is 0. The molecular weight excluding hydrogens is 259 g/mol. The zero-order valence-corrected chi connectivity index (χ0v) is 9.91. The fourth-order valence-electron chi connectivity index (χ4n) is 2.30. The lowest BCUT2D eigenvalue weighted by atomic mass is 10.0. The Morgan fingerprint density at radius 2 is 2.05 bits per heavy atom. The molecule has 2 heterocycles. The zero-order chi connectivity index (χ0) is 13.7. The second-order valence-electron chi connectivity index (χ2n) is 4.78. The van der Waals surface area contributed by atoms with Crippen molar-refractivity contribution in [3.8, 4) is 0 Å². The van der Waals surface area contributed by atoms with Crippen LogP contribution in [0.4, 0.5) is 19.1 Å². The van der Waals surface area contributed by atoms with E-state index in [0.29, 0.717) is 11.5 Å². The molecule has 0 spiro atoms. The van der Waals surface area contributed by atoms with Gasteiger partial charge in [-0.25, -0.2) is 4.98 Å². The van der Waals surface area contributed by atoms with Crippen molar-refractivity contribution in [1.82, 2.24) is 9.97 Å². The first kappa shape index (κ1) is 12.3. The fraction of sp³-hybridized carbons (Fsp3) is 0.417. The number of aromatic nitrogens is 2. The van der Waals surface area contributed by atoms with Crippen LogP contribution in [0.5, 0.6) is 0 Å². The molecule has 1 aliphatic heterocycles. The van der Waals surface area contributed by atoms with E-state index < -0.39 is 18.3 Å². The van der Waals surface area contributed by atoms with E-state index in [2.05, 4.69) is 9.97 Å². The van der Waals surface area contributed by atoms with Crippen LogP contribution < -0.4 is 4.90 Å². The molecule has 1 saturated heterocycles. The number of para-hydroxylation sites is 2. The van der Waals surface area contributed by atoms with Gasteiger partial charge in [0.2, 0.25) is 5.95 Å². The van der Waals surface area contributed by atoms with Crippen LogP contribution in [0, 0.1) is 0 Å². The Labute approximate surface area is 106 Å². The number of aliphatic hydroxyl groups is 1. The molecule has 0 amide bonds. The number of halogens is 3. The zero-order valence-electron chi connectivity index (χ0n) is 9.91. The van der Waals surface area contributed by atoms with Crippen molar-refractivity contribution in [2.75, 3.05) is 18.0 Å². The molecule has 3 rings (SSSR count). The Bertz CT molecular complexity index is 577. The van der Waals surface area contributed by atoms with E-state index >= 15 is 0 Å². The smallest absolute Gasteiger partial charge is 0.379 e. The number of nitrogens with zero attached hydrogens (tertiary/aromatic N) is 2. The number of imidazole rings is 1. The normalized spacial score (nSPS) is 24.3. The second kappa shape index (κ2) is 3.86. The number of β-amino-alcohol motifs (C(OH)–C–C–N with tert-alkyl or cyclic N) is 1. The first-order chi connectivity index (χ1) is 8.89. The lowest BCUT2D eigenvalue weighted by Gasteiger charge is -2.25. The number of hydrogen-bond acceptors (Lipinski definition) is 3. The highest BCUT2D eigenvalue weighted by atomic mass is 19.4. The molecule has 1 aromatic heterocycles. The van der Waals surface area contributed by atoms with Crippen LogP contribution in [-0.2, 0) is 0 Å². The lowest BCUT2D eigenvalue weighted by molar-refractivity contribution is -0.250. The summed E-state index contributed by atoms with van der Waals surface area (Å²) in [5.74, 6) is 0.362. The molecule has 1 fully saturated rings. The molecule has 1 aromatic carbocycles. The van der Waals surface area contributed by atoms with E-state index in [4.69, 9.17) is 0 Å². The number of alkyl halides is 3. The molecular formula is C12H12F3N3O. The van der Waals surface area contributed by atoms with Crippen LogP contribution >= 0.6 is 0 Å². The second-order valence-corrected chi connectivity index (χ2v) is 4.78. The predicted octanol–water partition coefficient (Wildman–Crippen LogP) is 2.07. The molecule has 1 aliphatic rings. The molecule has 0 aliphatic carbocycles. The highest BCUT2D eigenvalue weighted by Crippen LogP contribution is 2.38. The van der Waals surface area contributed by atoms with E-state index in [1.165, 1.54) is 4.90 Å². The SMILES string of the molecule is OC1(C(F)(F)F)CCN(c2nc3ccccc3[nH]2)C1. The summed E-state index contributed by atoms with van der Waals surface area (Å²) in [4.78, 5) is 8.62. The van der Waals surface area contributed by atoms with Crippen molar-refractivity contribution in [3.05, 3.63) is 24.3 Å². The van der Waals surface area contributed by atoms with Crippen molar-refractivity contribution in [1.29, 1.82) is 0 Å². The third kappa shape index (κ3) is 1.94. The van der Waals surface area contributed by atoms with Crippen LogP contribution in [0.3, 0.4) is 0 Å². The van der Waals surface area contributed by atoms with Gasteiger partial charge in [0.25, 0.3) is 0 Å². The van der Waals surface area contributed by atoms with E-state index in [-0.39, 0.29) is 13.0 Å². The molecule has 1 unspecified atom stereocenters. The summed E-state index contributed by atoms with van der Waals surface area (Å²) in [5, 5.41) is 9.63. The number of aromatic amines is 1. The van der Waals surface area contributed by atoms with E-state index in [9.17, 15) is 18.3 Å². The van der Waals surface area contributed by atoms with Crippen LogP contribution in [0.25, 0.3) is 11.0 Å². The number of H-pyrrole nitrogens is 1. The summed E-state index contributed by atoms with van der Waals surface area (Å²) in [5.41, 5.74) is -1.19. The van der Waals surface area contributed by atoms with Gasteiger partial charge < -0.3 is 15.0 Å². The van der Waals surface area contributed by atoms with Gasteiger partial charge in [-0.2, -0.15) is 13.2 Å². The van der Waals surface area contributed by atoms with Crippen LogP contribution in [-0.4, -0.2) is 39.9 Å². The van der Waals surface area contributed by atoms with E-state index in [0.717, 1.165) is 5.52 Å². The number of fused-ring (bicyclic) bond motifs is 1. The maximum atomic E-state index is 12.7. The molecule has 19 heavy (non-hydrogen) atoms. The third-order valence-corrected chi connectivity index (χ3v) is 3.45. The maximum Gasteiger partial charge on any atom is 0.419 e. The molecule has 4 nitrogen and oxygen atoms in total. The van der Waals surface area contributed by atoms with Crippen molar-refractivity contribution in [3.63, 3.8) is 0 Å². The Morgan fingerprint density at radius 3 is 2.68 bits per heavy atom. The fourth-order valence-corrected chi connectivity index (χ4v) is 2.30. The number of benzene rings is 1. The molecule has 0 saturated carbocycles. The minimum absolute atomic E-state index is 0.121. The average molecular weight is 271 g/mol. The highest BCUT2D eigenvalue weighted by Gasteiger charge is 2.57. The number of nitrogens with one attached hydrogen (secondary N) is 1. The highest BCUT2D eigenvalue weighted by molar-refractivity contribution is 5.77. The monoisotopic (exact) mass is 271 g/mol. The summed E-state index contributed by atoms with van der Waals surface area (Å²) in [6, 6.07) is 7.21. The Kier molecular flexibility index (Phi) is 2.50. The molecule has 0 radical (unpaired) electrons. The van der Waals surface area contributed by atoms with Gasteiger partial charge in [0.15, 0.2) is 5.60 Å². The minimum Gasteiger partial charge on any atom is -0.379 e. The largest absolute Gasteiger partial charge is 0.419 e. The van der Waals surface area contributed by atoms with Gasteiger partial charge in [0, 0.05) is 13.0 Å². The quantitative estimate of drug-likeness (QED) is 0.834. The van der Waals surface area contributed by atoms with Gasteiger partial charge in [-0.1, -0.05) is 12.1 Å². The van der Waals surface area contributed by atoms with Crippen molar-refractivity contribution in [2.45, 2.75) is 18.2 Å². The summed E-state index contributed by atoms with van der Waals surface area (Å²) >= 11 is 0. The number of anilines is 1. The van der Waals surface area contributed by atoms with Gasteiger partial charge in [-0.15, -0.1) is 0 Å². The molecule has 2 aromatic rings. The topological polar surface area (TPSA) is 52.1 Å². The first-order valence-electron chi connectivity index (χ1n) is 5.88. The van der Waals surface area contributed by atoms with Crippen LogP contribution in [0.2, 0.25) is 0 Å². The molecule has 0 bridgehead atoms. The van der Waals surface area contributed by atoms with E-state index in [1.807, 2.05) is 12.1 Å². The Morgan fingerprint density at radius 1 is 1.32 bits per heavy atom. The number of rotatable bonds is 1. The summed E-state index contributed by atoms with van der Waals surface area (Å²) in [6.45, 7) is -0.369. The third-order valence-electron chi connectivity index (χ3n) is 3.45. The predicted molar refractivity (Wildman–Crippen MR) is 63.9 cm³/mol. The Hall–Kier alpha value is -1.76. The van der Waals surface area contributed by atoms with Crippen molar-refractivity contribution < 1.29 is 18.3 Å². The molecule has 7 heteroatoms. The maximum absolute atomic E-state index is 12.7. The first-order valence-corrected chi connectivity index (χ1v) is 5.88. The van der Waals surface area contributed by atoms with Gasteiger partial charge >= 0.3 is 6.18 Å². The van der Waals surface area contributed by atoms with Gasteiger partial charge in [0.05, 0.1) is 17.6 Å². The number of hydrogen-bond donors (Lipinski definition) is 2. The van der Waals surface area contributed by atoms with Crippen LogP contribution in [0.15, 0.2) is 24.3 Å². The lowest BCUT2D eigenvalue weighted by Crippen LogP contribution is -2.47. The van der Waals surface area contributed by atoms with Gasteiger partial charge in [-0.05, 0) is 12.1 Å². The standard InChI is InChI=1S/C12H12F3N3O/c13-12(14,15)11(19)5-6-18(7-11)10-16-8-3-1-2-4-9(8)17-10/h1-4,19H,5-7H2,(H,16,17). The van der Waals surface area contributed by atoms with E-state index in [1.54, 1.807) is 12.1 Å². The Balaban J connectivity index is 1.89. The van der Waals surface area contributed by atoms with Gasteiger partial charge in [-0.3, -0.25) is 0 Å². The van der Waals surface area contributed by atoms with Crippen molar-refractivity contribution in [2.24, 2.45) is 0 Å². The minimum atomic E-state index is -4.62. The summed E-state index contributed by atoms with van der Waals surface area (Å²) in [6.07, 6.45) is -4.96. The van der Waals surface area contributed by atoms with Gasteiger partial charge in [0.1, 0.15) is 0 Å². The molecule has 1 atom stereocenters. The van der Waals surface area contributed by atoms with Crippen LogP contribution in [0.1, 0.15) is 6.42 Å². The summed E-state index contributed by atoms with van der Waals surface area (Å²) < 4.78 is 38.2. The van der Waals surface area contributed by atoms with Crippen molar-refractivity contribution >= 4 is 17.0 Å². The molecule has 2 N–H and O–H groups in total.